The number of sulfonamides is 1. The predicted octanol–water partition coefficient (Wildman–Crippen LogP) is 5.67. The van der Waals surface area contributed by atoms with Gasteiger partial charge in [0, 0.05) is 19.5 Å². The fraction of sp³-hybridized carbons (Fsp3) is 0.278. The lowest BCUT2D eigenvalue weighted by molar-refractivity contribution is -0.140. The summed E-state index contributed by atoms with van der Waals surface area (Å²) in [6, 6.07) is 29.4. The summed E-state index contributed by atoms with van der Waals surface area (Å²) in [6.07, 6.45) is 0.977. The van der Waals surface area contributed by atoms with Crippen LogP contribution in [-0.2, 0) is 32.6 Å². The van der Waals surface area contributed by atoms with Gasteiger partial charge in [0.15, 0.2) is 0 Å². The van der Waals surface area contributed by atoms with Crippen molar-refractivity contribution >= 4 is 27.5 Å². The molecule has 0 aliphatic heterocycles. The van der Waals surface area contributed by atoms with Gasteiger partial charge in [-0.25, -0.2) is 8.42 Å². The number of hydrogen-bond donors (Lipinski definition) is 1. The highest BCUT2D eigenvalue weighted by Crippen LogP contribution is 2.27. The van der Waals surface area contributed by atoms with Crippen molar-refractivity contribution in [3.8, 4) is 5.75 Å². The van der Waals surface area contributed by atoms with E-state index in [1.807, 2.05) is 75.4 Å². The van der Waals surface area contributed by atoms with Crippen molar-refractivity contribution < 1.29 is 22.7 Å². The first-order chi connectivity index (χ1) is 21.6. The average Bonchev–Trinajstić information content (AvgIpc) is 3.04. The van der Waals surface area contributed by atoms with Crippen molar-refractivity contribution in [3.05, 3.63) is 125 Å². The number of nitrogens with one attached hydrogen (secondary N) is 1. The first kappa shape index (κ1) is 33.3. The molecule has 0 aliphatic carbocycles. The van der Waals surface area contributed by atoms with E-state index in [0.29, 0.717) is 18.0 Å². The van der Waals surface area contributed by atoms with E-state index < -0.39 is 28.5 Å². The molecule has 4 rings (SSSR count). The van der Waals surface area contributed by atoms with Crippen LogP contribution in [0.1, 0.15) is 35.6 Å². The Balaban J connectivity index is 1.82. The van der Waals surface area contributed by atoms with E-state index in [0.717, 1.165) is 33.0 Å². The number of amides is 2. The molecule has 0 heterocycles. The van der Waals surface area contributed by atoms with Crippen LogP contribution in [0.2, 0.25) is 0 Å². The van der Waals surface area contributed by atoms with Crippen LogP contribution in [0, 0.1) is 13.8 Å². The summed E-state index contributed by atoms with van der Waals surface area (Å²) in [5.74, 6) is -0.205. The molecule has 1 atom stereocenters. The minimum Gasteiger partial charge on any atom is -0.497 e. The monoisotopic (exact) mass is 627 g/mol. The maximum absolute atomic E-state index is 14.6. The number of aryl methyl sites for hydroxylation is 2. The first-order valence-corrected chi connectivity index (χ1v) is 16.5. The summed E-state index contributed by atoms with van der Waals surface area (Å²) in [7, 11) is -2.59. The van der Waals surface area contributed by atoms with E-state index in [-0.39, 0.29) is 23.8 Å². The number of anilines is 1. The summed E-state index contributed by atoms with van der Waals surface area (Å²) in [5.41, 5.74) is 3.72. The predicted molar refractivity (Wildman–Crippen MR) is 178 cm³/mol. The largest absolute Gasteiger partial charge is 0.497 e. The van der Waals surface area contributed by atoms with Crippen molar-refractivity contribution in [2.45, 2.75) is 51.1 Å². The zero-order chi connectivity index (χ0) is 32.4. The highest BCUT2D eigenvalue weighted by molar-refractivity contribution is 7.92. The molecule has 0 aromatic heterocycles. The fourth-order valence-corrected chi connectivity index (χ4v) is 6.65. The number of nitrogens with zero attached hydrogens (tertiary/aromatic N) is 2. The van der Waals surface area contributed by atoms with E-state index in [1.165, 1.54) is 17.0 Å². The van der Waals surface area contributed by atoms with Crippen LogP contribution < -0.4 is 14.4 Å². The van der Waals surface area contributed by atoms with Gasteiger partial charge >= 0.3 is 0 Å². The lowest BCUT2D eigenvalue weighted by Gasteiger charge is -2.34. The number of methoxy groups -OCH3 is 1. The third-order valence-electron chi connectivity index (χ3n) is 7.41. The minimum absolute atomic E-state index is 0.0674. The van der Waals surface area contributed by atoms with Gasteiger partial charge in [-0.3, -0.25) is 13.9 Å². The number of ether oxygens (including phenoxy) is 1. The molecule has 0 radical (unpaired) electrons. The van der Waals surface area contributed by atoms with Crippen molar-refractivity contribution in [2.24, 2.45) is 0 Å². The van der Waals surface area contributed by atoms with Crippen molar-refractivity contribution in [1.29, 1.82) is 0 Å². The highest BCUT2D eigenvalue weighted by atomic mass is 32.2. The maximum atomic E-state index is 14.6. The minimum atomic E-state index is -4.15. The van der Waals surface area contributed by atoms with Gasteiger partial charge in [-0.1, -0.05) is 73.7 Å². The topological polar surface area (TPSA) is 96.0 Å². The Morgan fingerprint density at radius 2 is 1.44 bits per heavy atom. The molecule has 1 N–H and O–H groups in total. The number of carbonyl (C=O) groups excluding carboxylic acids is 2. The lowest BCUT2D eigenvalue weighted by Crippen LogP contribution is -2.53. The van der Waals surface area contributed by atoms with Crippen molar-refractivity contribution in [3.63, 3.8) is 0 Å². The number of rotatable bonds is 14. The lowest BCUT2D eigenvalue weighted by atomic mass is 10.0. The Bertz CT molecular complexity index is 1670. The maximum Gasteiger partial charge on any atom is 0.264 e. The number of carbonyl (C=O) groups is 2. The van der Waals surface area contributed by atoms with Gasteiger partial charge in [0.2, 0.25) is 11.8 Å². The molecule has 2 amide bonds. The Morgan fingerprint density at radius 1 is 0.822 bits per heavy atom. The molecule has 236 valence electrons. The molecule has 0 unspecified atom stereocenters. The van der Waals surface area contributed by atoms with E-state index in [1.54, 1.807) is 43.5 Å². The summed E-state index contributed by atoms with van der Waals surface area (Å²) in [4.78, 5) is 29.9. The van der Waals surface area contributed by atoms with Gasteiger partial charge < -0.3 is 15.0 Å². The molecule has 0 fully saturated rings. The Hall–Kier alpha value is -4.63. The molecule has 45 heavy (non-hydrogen) atoms. The van der Waals surface area contributed by atoms with E-state index >= 15 is 0 Å². The third kappa shape index (κ3) is 8.73. The molecule has 9 heteroatoms. The second-order valence-electron chi connectivity index (χ2n) is 11.0. The number of benzene rings is 4. The summed E-state index contributed by atoms with van der Waals surface area (Å²) in [5, 5.41) is 2.96. The van der Waals surface area contributed by atoms with Gasteiger partial charge in [-0.2, -0.15) is 0 Å². The van der Waals surface area contributed by atoms with Gasteiger partial charge in [0.25, 0.3) is 10.0 Å². The Kier molecular flexibility index (Phi) is 11.4. The summed E-state index contributed by atoms with van der Waals surface area (Å²) < 4.78 is 34.9. The second kappa shape index (κ2) is 15.4. The van der Waals surface area contributed by atoms with Gasteiger partial charge in [0.05, 0.1) is 17.7 Å². The molecule has 4 aromatic carbocycles. The molecule has 0 aliphatic rings. The molecule has 0 saturated carbocycles. The second-order valence-corrected chi connectivity index (χ2v) is 12.9. The van der Waals surface area contributed by atoms with Crippen molar-refractivity contribution in [1.82, 2.24) is 10.2 Å². The Labute approximate surface area is 266 Å². The molecular weight excluding hydrogens is 586 g/mol. The molecule has 4 aromatic rings. The molecule has 0 spiro atoms. The molecule has 0 bridgehead atoms. The van der Waals surface area contributed by atoms with Crippen LogP contribution in [0.25, 0.3) is 0 Å². The van der Waals surface area contributed by atoms with Crippen LogP contribution in [0.4, 0.5) is 5.69 Å². The normalized spacial score (nSPS) is 11.8. The van der Waals surface area contributed by atoms with Crippen LogP contribution >= 0.6 is 0 Å². The molecule has 8 nitrogen and oxygen atoms in total. The third-order valence-corrected chi connectivity index (χ3v) is 9.20. The molecular formula is C36H41N3O5S. The van der Waals surface area contributed by atoms with Gasteiger partial charge in [-0.05, 0) is 78.9 Å². The van der Waals surface area contributed by atoms with E-state index in [2.05, 4.69) is 5.32 Å². The first-order valence-electron chi connectivity index (χ1n) is 15.0. The van der Waals surface area contributed by atoms with Crippen molar-refractivity contribution in [2.75, 3.05) is 24.5 Å². The van der Waals surface area contributed by atoms with Crippen LogP contribution in [-0.4, -0.2) is 51.4 Å². The van der Waals surface area contributed by atoms with Crippen LogP contribution in [0.15, 0.2) is 108 Å². The van der Waals surface area contributed by atoms with E-state index in [9.17, 15) is 18.0 Å². The molecule has 0 saturated heterocycles. The van der Waals surface area contributed by atoms with Crippen LogP contribution in [0.5, 0.6) is 5.75 Å². The summed E-state index contributed by atoms with van der Waals surface area (Å²) in [6.45, 7) is 5.74. The smallest absolute Gasteiger partial charge is 0.264 e. The number of hydrogen-bond acceptors (Lipinski definition) is 5. The van der Waals surface area contributed by atoms with Gasteiger partial charge in [0.1, 0.15) is 18.3 Å². The zero-order valence-corrected chi connectivity index (χ0v) is 27.1. The Morgan fingerprint density at radius 3 is 2.07 bits per heavy atom. The highest BCUT2D eigenvalue weighted by Gasteiger charge is 2.34. The zero-order valence-electron chi connectivity index (χ0n) is 26.3. The van der Waals surface area contributed by atoms with Gasteiger partial charge in [-0.15, -0.1) is 0 Å². The SMILES string of the molecule is CCCNC(=O)[C@@H](Cc1ccccc1)N(Cc1cccc(OC)c1)C(=O)CN(c1cc(C)cc(C)c1)S(=O)(=O)c1ccccc1. The van der Waals surface area contributed by atoms with E-state index in [4.69, 9.17) is 4.74 Å². The quantitative estimate of drug-likeness (QED) is 0.194. The fourth-order valence-electron chi connectivity index (χ4n) is 5.23. The van der Waals surface area contributed by atoms with Crippen LogP contribution in [0.3, 0.4) is 0 Å². The summed E-state index contributed by atoms with van der Waals surface area (Å²) >= 11 is 0. The standard InChI is InChI=1S/C36H41N3O5S/c1-5-19-37-36(41)34(24-29-13-8-6-9-14-29)38(25-30-15-12-16-32(23-30)44-4)35(40)26-39(31-21-27(2)20-28(3)22-31)45(42,43)33-17-10-7-11-18-33/h6-18,20-23,34H,5,19,24-26H2,1-4H3,(H,37,41)/t34-/m1/s1. The average molecular weight is 628 g/mol.